The normalized spacial score (nSPS) is 15.5. The molecule has 0 radical (unpaired) electrons. The summed E-state index contributed by atoms with van der Waals surface area (Å²) in [6.45, 7) is 3.99. The number of unbranched alkanes of at least 4 members (excludes halogenated alkanes) is 10. The molecule has 0 aromatic heterocycles. The Morgan fingerprint density at radius 2 is 1.21 bits per heavy atom. The number of aliphatic hydroxyl groups excluding tert-OH is 2. The van der Waals surface area contributed by atoms with Crippen molar-refractivity contribution in [2.75, 3.05) is 47.5 Å². The smallest absolute Gasteiger partial charge is 0.462 e. The van der Waals surface area contributed by atoms with Gasteiger partial charge in [-0.05, 0) is 38.5 Å². The first-order valence-corrected chi connectivity index (χ1v) is 22.4. The van der Waals surface area contributed by atoms with Crippen molar-refractivity contribution in [1.82, 2.24) is 0 Å². The van der Waals surface area contributed by atoms with Gasteiger partial charge in [0, 0.05) is 12.8 Å². The van der Waals surface area contributed by atoms with Gasteiger partial charge in [0.1, 0.15) is 19.8 Å². The number of phosphoric acid groups is 1. The number of rotatable bonds is 36. The van der Waals surface area contributed by atoms with Gasteiger partial charge in [0.15, 0.2) is 6.10 Å². The number of aliphatic hydroxyl groups is 2. The zero-order valence-corrected chi connectivity index (χ0v) is 36.2. The third-order valence-electron chi connectivity index (χ3n) is 8.43. The Balaban J connectivity index is 4.65. The summed E-state index contributed by atoms with van der Waals surface area (Å²) in [7, 11) is 1.35. The van der Waals surface area contributed by atoms with Gasteiger partial charge in [-0.3, -0.25) is 18.6 Å². The second-order valence-electron chi connectivity index (χ2n) is 15.0. The predicted molar refractivity (Wildman–Crippen MR) is 227 cm³/mol. The van der Waals surface area contributed by atoms with Crippen molar-refractivity contribution in [3.05, 3.63) is 72.9 Å². The van der Waals surface area contributed by atoms with E-state index >= 15 is 0 Å². The van der Waals surface area contributed by atoms with E-state index in [1.807, 2.05) is 64.5 Å². The summed E-state index contributed by atoms with van der Waals surface area (Å²) < 4.78 is 34.0. The Labute approximate surface area is 339 Å². The minimum atomic E-state index is -4.42. The third kappa shape index (κ3) is 38.3. The van der Waals surface area contributed by atoms with Gasteiger partial charge in [-0.2, -0.15) is 0 Å². The van der Waals surface area contributed by atoms with Crippen molar-refractivity contribution in [2.45, 2.75) is 148 Å². The van der Waals surface area contributed by atoms with Crippen LogP contribution in [-0.4, -0.2) is 97.3 Å². The maximum absolute atomic E-state index is 12.6. The first kappa shape index (κ1) is 53.4. The SMILES string of the molecule is CC/C=C\C[C@H](O)/C=C/C=C\C=C\[C@H](O)C/C=C\C/C=C\CCC(=O)O[C@H](COC(=O)CCCCCCCCCCCCC)COP(=O)(O)OCC[N+](C)(C)C. The summed E-state index contributed by atoms with van der Waals surface area (Å²) in [5.74, 6) is -0.973. The van der Waals surface area contributed by atoms with Crippen molar-refractivity contribution >= 4 is 19.8 Å². The van der Waals surface area contributed by atoms with E-state index in [0.29, 0.717) is 43.1 Å². The molecule has 0 heterocycles. The lowest BCUT2D eigenvalue weighted by atomic mass is 10.1. The van der Waals surface area contributed by atoms with Crippen molar-refractivity contribution < 1.29 is 52.3 Å². The number of esters is 2. The van der Waals surface area contributed by atoms with Crippen LogP contribution in [0.3, 0.4) is 0 Å². The van der Waals surface area contributed by atoms with Gasteiger partial charge in [0.25, 0.3) is 0 Å². The van der Waals surface area contributed by atoms with Gasteiger partial charge in [-0.1, -0.05) is 151 Å². The van der Waals surface area contributed by atoms with Crippen LogP contribution in [0.15, 0.2) is 72.9 Å². The lowest BCUT2D eigenvalue weighted by Crippen LogP contribution is -2.37. The van der Waals surface area contributed by atoms with Crippen LogP contribution in [0.25, 0.3) is 0 Å². The lowest BCUT2D eigenvalue weighted by molar-refractivity contribution is -0.870. The van der Waals surface area contributed by atoms with E-state index in [-0.39, 0.29) is 26.1 Å². The second kappa shape index (κ2) is 35.5. The number of ether oxygens (including phenoxy) is 2. The summed E-state index contributed by atoms with van der Waals surface area (Å²) in [4.78, 5) is 35.2. The molecule has 12 heteroatoms. The van der Waals surface area contributed by atoms with Gasteiger partial charge >= 0.3 is 19.8 Å². The molecule has 322 valence electrons. The first-order chi connectivity index (χ1) is 26.8. The van der Waals surface area contributed by atoms with Gasteiger partial charge < -0.3 is 29.1 Å². The van der Waals surface area contributed by atoms with Crippen LogP contribution in [0, 0.1) is 0 Å². The number of likely N-dealkylation sites (N-methyl/N-ethyl adjacent to an activating group) is 1. The molecule has 0 aromatic rings. The standard InChI is InChI=1S/C44H76NO10P/c1-6-8-10-11-12-13-14-15-16-20-28-34-43(48)52-38-42(39-54-56(50,51)53-37-36-45(3,4)5)55-44(49)35-29-21-18-17-19-25-31-41(47)33-27-23-22-26-32-40(46)30-24-9-7-2/h9,18-19,21-27,32-33,40-42,46-47H,6-8,10-17,20,28-31,34-39H2,1-5H3/p+1/b21-18-,23-22-,24-9-,25-19-,32-26+,33-27+/t40-,41+,42+/m0/s1. The summed E-state index contributed by atoms with van der Waals surface area (Å²) in [5.41, 5.74) is 0. The van der Waals surface area contributed by atoms with Crippen molar-refractivity contribution in [1.29, 1.82) is 0 Å². The Morgan fingerprint density at radius 3 is 1.79 bits per heavy atom. The highest BCUT2D eigenvalue weighted by molar-refractivity contribution is 7.47. The molecule has 56 heavy (non-hydrogen) atoms. The van der Waals surface area contributed by atoms with E-state index in [9.17, 15) is 29.3 Å². The highest BCUT2D eigenvalue weighted by atomic mass is 31.2. The monoisotopic (exact) mass is 811 g/mol. The van der Waals surface area contributed by atoms with Crippen molar-refractivity contribution in [3.8, 4) is 0 Å². The molecule has 0 bridgehead atoms. The maximum atomic E-state index is 12.6. The van der Waals surface area contributed by atoms with Crippen LogP contribution in [0.5, 0.6) is 0 Å². The van der Waals surface area contributed by atoms with Crippen LogP contribution < -0.4 is 0 Å². The molecule has 0 saturated carbocycles. The zero-order chi connectivity index (χ0) is 41.8. The number of hydrogen-bond acceptors (Lipinski definition) is 9. The van der Waals surface area contributed by atoms with Gasteiger partial charge in [0.2, 0.25) is 0 Å². The molecule has 0 aliphatic heterocycles. The molecule has 11 nitrogen and oxygen atoms in total. The molecule has 1 unspecified atom stereocenters. The van der Waals surface area contributed by atoms with E-state index in [2.05, 4.69) is 6.92 Å². The van der Waals surface area contributed by atoms with Crippen LogP contribution >= 0.6 is 7.82 Å². The minimum Gasteiger partial charge on any atom is -0.462 e. The molecular formula is C44H77NO10P+. The van der Waals surface area contributed by atoms with E-state index in [1.54, 1.807) is 36.5 Å². The molecule has 0 spiro atoms. The fourth-order valence-electron chi connectivity index (χ4n) is 5.10. The zero-order valence-electron chi connectivity index (χ0n) is 35.3. The molecule has 0 aliphatic carbocycles. The number of hydrogen-bond donors (Lipinski definition) is 3. The Bertz CT molecular complexity index is 1220. The summed E-state index contributed by atoms with van der Waals surface area (Å²) in [5, 5.41) is 20.0. The molecule has 0 saturated heterocycles. The minimum absolute atomic E-state index is 0.00453. The fraction of sp³-hybridized carbons (Fsp3) is 0.682. The summed E-state index contributed by atoms with van der Waals surface area (Å²) >= 11 is 0. The third-order valence-corrected chi connectivity index (χ3v) is 9.42. The number of allylic oxidation sites excluding steroid dienone is 8. The van der Waals surface area contributed by atoms with E-state index in [0.717, 1.165) is 25.7 Å². The molecule has 4 atom stereocenters. The molecule has 0 aliphatic rings. The second-order valence-corrected chi connectivity index (χ2v) is 16.5. The summed E-state index contributed by atoms with van der Waals surface area (Å²) in [6, 6.07) is 0. The average Bonchev–Trinajstić information content (AvgIpc) is 3.13. The van der Waals surface area contributed by atoms with E-state index in [1.165, 1.54) is 44.9 Å². The number of carbonyl (C=O) groups excluding carboxylic acids is 2. The van der Waals surface area contributed by atoms with E-state index < -0.39 is 44.7 Å². The average molecular weight is 811 g/mol. The lowest BCUT2D eigenvalue weighted by Gasteiger charge is -2.24. The van der Waals surface area contributed by atoms with Crippen molar-refractivity contribution in [2.24, 2.45) is 0 Å². The molecule has 3 N–H and O–H groups in total. The Hall–Kier alpha value is -2.63. The van der Waals surface area contributed by atoms with Crippen LogP contribution in [0.1, 0.15) is 129 Å². The number of carbonyl (C=O) groups is 2. The van der Waals surface area contributed by atoms with E-state index in [4.69, 9.17) is 18.5 Å². The largest absolute Gasteiger partial charge is 0.472 e. The maximum Gasteiger partial charge on any atom is 0.472 e. The topological polar surface area (TPSA) is 149 Å². The van der Waals surface area contributed by atoms with Crippen LogP contribution in [0.2, 0.25) is 0 Å². The number of quaternary nitrogens is 1. The molecule has 0 rings (SSSR count). The molecular weight excluding hydrogens is 733 g/mol. The summed E-state index contributed by atoms with van der Waals surface area (Å²) in [6.07, 6.45) is 36.0. The predicted octanol–water partition coefficient (Wildman–Crippen LogP) is 9.40. The molecule has 0 aromatic carbocycles. The Morgan fingerprint density at radius 1 is 0.661 bits per heavy atom. The van der Waals surface area contributed by atoms with Crippen molar-refractivity contribution in [3.63, 3.8) is 0 Å². The van der Waals surface area contributed by atoms with Gasteiger partial charge in [-0.15, -0.1) is 0 Å². The van der Waals surface area contributed by atoms with Crippen LogP contribution in [-0.2, 0) is 32.7 Å². The molecule has 0 fully saturated rings. The first-order valence-electron chi connectivity index (χ1n) is 20.9. The fourth-order valence-corrected chi connectivity index (χ4v) is 5.84. The highest BCUT2D eigenvalue weighted by Gasteiger charge is 2.27. The van der Waals surface area contributed by atoms with Gasteiger partial charge in [0.05, 0.1) is 40.0 Å². The van der Waals surface area contributed by atoms with Gasteiger partial charge in [-0.25, -0.2) is 4.57 Å². The molecule has 0 amide bonds. The quantitative estimate of drug-likeness (QED) is 0.0140. The van der Waals surface area contributed by atoms with Crippen LogP contribution in [0.4, 0.5) is 0 Å². The number of phosphoric ester groups is 1. The number of nitrogens with zero attached hydrogens (tertiary/aromatic N) is 1. The highest BCUT2D eigenvalue weighted by Crippen LogP contribution is 2.43. The Kier molecular flexibility index (Phi) is 33.9.